The summed E-state index contributed by atoms with van der Waals surface area (Å²) in [6.45, 7) is 5.60. The van der Waals surface area contributed by atoms with Gasteiger partial charge in [0.2, 0.25) is 12.4 Å². The molecule has 13 nitrogen and oxygen atoms in total. The Bertz CT molecular complexity index is 1360. The third-order valence-corrected chi connectivity index (χ3v) is 6.21. The van der Waals surface area contributed by atoms with Crippen molar-refractivity contribution in [1.29, 1.82) is 0 Å². The van der Waals surface area contributed by atoms with E-state index < -0.39 is 60.8 Å². The van der Waals surface area contributed by atoms with E-state index in [2.05, 4.69) is 5.32 Å². The second-order valence-corrected chi connectivity index (χ2v) is 9.66. The van der Waals surface area contributed by atoms with E-state index in [1.807, 2.05) is 12.1 Å². The number of hydrogen-bond acceptors (Lipinski definition) is 12. The molecule has 0 aliphatic carbocycles. The number of carbonyl (C=O) groups excluding carboxylic acids is 5. The predicted molar refractivity (Wildman–Crippen MR) is 146 cm³/mol. The van der Waals surface area contributed by atoms with E-state index in [-0.39, 0.29) is 11.7 Å². The van der Waals surface area contributed by atoms with Gasteiger partial charge in [0.1, 0.15) is 12.4 Å². The molecule has 1 aliphatic heterocycles. The van der Waals surface area contributed by atoms with Crippen molar-refractivity contribution in [3.8, 4) is 16.9 Å². The Labute approximate surface area is 242 Å². The number of aryl methyl sites for hydroxylation is 1. The lowest BCUT2D eigenvalue weighted by atomic mass is 9.93. The maximum Gasteiger partial charge on any atom is 0.303 e. The van der Waals surface area contributed by atoms with E-state index in [1.54, 1.807) is 44.3 Å². The minimum Gasteiger partial charge on any atom is -0.461 e. The van der Waals surface area contributed by atoms with Gasteiger partial charge in [-0.1, -0.05) is 18.2 Å². The summed E-state index contributed by atoms with van der Waals surface area (Å²) in [5.41, 5.74) is 7.06. The summed E-state index contributed by atoms with van der Waals surface area (Å²) in [4.78, 5) is 59.9. The molecule has 0 spiro atoms. The van der Waals surface area contributed by atoms with Crippen LogP contribution in [0.2, 0.25) is 0 Å². The summed E-state index contributed by atoms with van der Waals surface area (Å²) in [5, 5.41) is 2.59. The normalized spacial score (nSPS) is 23.2. The maximum atomic E-state index is 12.1. The van der Waals surface area contributed by atoms with Gasteiger partial charge in [0.25, 0.3) is 5.91 Å². The number of amides is 1. The molecule has 5 unspecified atom stereocenters. The first kappa shape index (κ1) is 32.0. The molecule has 0 aromatic heterocycles. The van der Waals surface area contributed by atoms with Crippen LogP contribution in [0.3, 0.4) is 0 Å². The van der Waals surface area contributed by atoms with E-state index in [0.29, 0.717) is 11.1 Å². The van der Waals surface area contributed by atoms with Gasteiger partial charge in [-0.05, 0) is 47.9 Å². The van der Waals surface area contributed by atoms with Gasteiger partial charge in [-0.3, -0.25) is 29.7 Å². The first-order valence-corrected chi connectivity index (χ1v) is 13.0. The van der Waals surface area contributed by atoms with Crippen molar-refractivity contribution in [1.82, 2.24) is 5.32 Å². The third-order valence-electron chi connectivity index (χ3n) is 6.21. The molecule has 1 aliphatic rings. The molecule has 1 amide bonds. The smallest absolute Gasteiger partial charge is 0.303 e. The van der Waals surface area contributed by atoms with Crippen molar-refractivity contribution in [2.75, 3.05) is 13.7 Å². The topological polar surface area (TPSA) is 179 Å². The number of nitrogens with two attached hydrogens (primary N) is 1. The van der Waals surface area contributed by atoms with Crippen molar-refractivity contribution in [2.24, 2.45) is 5.73 Å². The first-order valence-electron chi connectivity index (χ1n) is 13.0. The highest BCUT2D eigenvalue weighted by molar-refractivity contribution is 5.95. The summed E-state index contributed by atoms with van der Waals surface area (Å²) in [6.07, 6.45) is -6.01. The van der Waals surface area contributed by atoms with E-state index in [9.17, 15) is 24.0 Å². The maximum absolute atomic E-state index is 12.1. The molecular formula is C29H34N2O11. The van der Waals surface area contributed by atoms with E-state index in [4.69, 9.17) is 34.2 Å². The lowest BCUT2D eigenvalue weighted by Gasteiger charge is -2.48. The Balaban J connectivity index is 2.03. The highest BCUT2D eigenvalue weighted by Crippen LogP contribution is 2.36. The number of ether oxygens (including phenoxy) is 6. The number of carbonyl (C=O) groups is 5. The highest BCUT2D eigenvalue weighted by Gasteiger charge is 2.60. The SMILES string of the molecule is CNC(=O)c1cccc(-c2ccc(OC3OC(N)(COC(C)=O)C(OC(C)=O)C(OC(C)=O)C3OC(C)=O)c(C)c2)c1. The van der Waals surface area contributed by atoms with Crippen LogP contribution in [0.5, 0.6) is 5.75 Å². The Hall–Kier alpha value is -4.49. The van der Waals surface area contributed by atoms with Crippen molar-refractivity contribution in [3.05, 3.63) is 53.6 Å². The zero-order valence-electron chi connectivity index (χ0n) is 24.1. The van der Waals surface area contributed by atoms with E-state index in [0.717, 1.165) is 38.8 Å². The van der Waals surface area contributed by atoms with Crippen LogP contribution in [0, 0.1) is 6.92 Å². The monoisotopic (exact) mass is 586 g/mol. The quantitative estimate of drug-likeness (QED) is 0.322. The summed E-state index contributed by atoms with van der Waals surface area (Å²) in [7, 11) is 1.55. The molecule has 3 N–H and O–H groups in total. The minimum absolute atomic E-state index is 0.229. The van der Waals surface area contributed by atoms with Gasteiger partial charge in [0.15, 0.2) is 17.9 Å². The zero-order valence-corrected chi connectivity index (χ0v) is 24.1. The summed E-state index contributed by atoms with van der Waals surface area (Å²) in [5.74, 6) is -3.04. The molecule has 1 heterocycles. The van der Waals surface area contributed by atoms with Gasteiger partial charge in [-0.25, -0.2) is 0 Å². The van der Waals surface area contributed by atoms with Gasteiger partial charge in [0.05, 0.1) is 0 Å². The van der Waals surface area contributed by atoms with Crippen LogP contribution in [-0.2, 0) is 42.9 Å². The summed E-state index contributed by atoms with van der Waals surface area (Å²) >= 11 is 0. The molecule has 3 rings (SSSR count). The number of nitrogens with one attached hydrogen (secondary N) is 1. The van der Waals surface area contributed by atoms with Crippen LogP contribution in [0.1, 0.15) is 43.6 Å². The Morgan fingerprint density at radius 3 is 2.05 bits per heavy atom. The van der Waals surface area contributed by atoms with Crippen LogP contribution in [-0.4, -0.2) is 73.8 Å². The Morgan fingerprint density at radius 2 is 1.48 bits per heavy atom. The van der Waals surface area contributed by atoms with Crippen LogP contribution in [0.15, 0.2) is 42.5 Å². The second kappa shape index (κ2) is 13.4. The summed E-state index contributed by atoms with van der Waals surface area (Å²) in [6, 6.07) is 12.2. The molecule has 0 saturated carbocycles. The molecule has 1 saturated heterocycles. The number of hydrogen-bond donors (Lipinski definition) is 2. The standard InChI is InChI=1S/C29H34N2O11/c1-15-12-21(20-8-7-9-22(13-20)27(36)31-6)10-11-23(15)41-28-25(39-18(4)34)24(38-17(3)33)26(40-19(5)35)29(30,42-28)14-37-16(2)32/h7-13,24-26,28H,14,30H2,1-6H3,(H,31,36). The van der Waals surface area contributed by atoms with Crippen molar-refractivity contribution in [2.45, 2.75) is 64.9 Å². The van der Waals surface area contributed by atoms with Gasteiger partial charge < -0.3 is 33.7 Å². The van der Waals surface area contributed by atoms with E-state index in [1.165, 1.54) is 0 Å². The molecule has 5 atom stereocenters. The van der Waals surface area contributed by atoms with Crippen molar-refractivity contribution in [3.63, 3.8) is 0 Å². The molecule has 226 valence electrons. The molecule has 1 fully saturated rings. The first-order chi connectivity index (χ1) is 19.7. The minimum atomic E-state index is -2.08. The van der Waals surface area contributed by atoms with Gasteiger partial charge >= 0.3 is 23.9 Å². The van der Waals surface area contributed by atoms with Crippen LogP contribution < -0.4 is 15.8 Å². The Morgan fingerprint density at radius 1 is 0.857 bits per heavy atom. The molecular weight excluding hydrogens is 552 g/mol. The average Bonchev–Trinajstić information content (AvgIpc) is 2.92. The third kappa shape index (κ3) is 7.83. The fourth-order valence-corrected chi connectivity index (χ4v) is 4.43. The fraction of sp³-hybridized carbons (Fsp3) is 0.414. The number of esters is 4. The molecule has 42 heavy (non-hydrogen) atoms. The van der Waals surface area contributed by atoms with Crippen molar-refractivity contribution >= 4 is 29.8 Å². The van der Waals surface area contributed by atoms with Crippen LogP contribution >= 0.6 is 0 Å². The molecule has 0 bridgehead atoms. The molecule has 2 aromatic rings. The van der Waals surface area contributed by atoms with Crippen LogP contribution in [0.4, 0.5) is 0 Å². The lowest BCUT2D eigenvalue weighted by Crippen LogP contribution is -2.73. The highest BCUT2D eigenvalue weighted by atomic mass is 16.7. The van der Waals surface area contributed by atoms with E-state index >= 15 is 0 Å². The Kier molecular flexibility index (Phi) is 10.3. The lowest BCUT2D eigenvalue weighted by molar-refractivity contribution is -0.323. The zero-order chi connectivity index (χ0) is 31.2. The molecule has 0 radical (unpaired) electrons. The predicted octanol–water partition coefficient (Wildman–Crippen LogP) is 1.77. The van der Waals surface area contributed by atoms with Crippen molar-refractivity contribution < 1.29 is 52.4 Å². The summed E-state index contributed by atoms with van der Waals surface area (Å²) < 4.78 is 33.4. The molecule has 13 heteroatoms. The number of rotatable bonds is 9. The average molecular weight is 587 g/mol. The number of benzene rings is 2. The van der Waals surface area contributed by atoms with Crippen LogP contribution in [0.25, 0.3) is 11.1 Å². The van der Waals surface area contributed by atoms with Gasteiger partial charge in [-0.2, -0.15) is 0 Å². The fourth-order valence-electron chi connectivity index (χ4n) is 4.43. The van der Waals surface area contributed by atoms with Gasteiger partial charge in [0, 0.05) is 40.3 Å². The molecule has 2 aromatic carbocycles. The second-order valence-electron chi connectivity index (χ2n) is 9.66. The van der Waals surface area contributed by atoms with Gasteiger partial charge in [-0.15, -0.1) is 0 Å². The largest absolute Gasteiger partial charge is 0.461 e.